The van der Waals surface area contributed by atoms with E-state index in [2.05, 4.69) is 27.7 Å². The van der Waals surface area contributed by atoms with Crippen molar-refractivity contribution in [2.75, 3.05) is 0 Å². The van der Waals surface area contributed by atoms with Crippen LogP contribution in [0.2, 0.25) is 0 Å². The smallest absolute Gasteiger partial charge is 0.00817 e. The van der Waals surface area contributed by atoms with Gasteiger partial charge in [-0.05, 0) is 31.1 Å². The molecule has 0 spiro atoms. The summed E-state index contributed by atoms with van der Waals surface area (Å²) in [7, 11) is 0. The monoisotopic (exact) mass is 228 g/mol. The van der Waals surface area contributed by atoms with Gasteiger partial charge in [0, 0.05) is 12.1 Å². The van der Waals surface area contributed by atoms with E-state index in [-0.39, 0.29) is 0 Å². The Morgan fingerprint density at radius 3 is 2.00 bits per heavy atom. The number of rotatable bonds is 9. The quantitative estimate of drug-likeness (QED) is 0.636. The SMILES string of the molecule is CCCC(N)CC(N)C(CC)CCC(C)C. The molecule has 3 atom stereocenters. The van der Waals surface area contributed by atoms with Gasteiger partial charge in [0.15, 0.2) is 0 Å². The van der Waals surface area contributed by atoms with Crippen molar-refractivity contribution in [3.8, 4) is 0 Å². The van der Waals surface area contributed by atoms with Crippen LogP contribution in [0.1, 0.15) is 66.2 Å². The van der Waals surface area contributed by atoms with E-state index in [9.17, 15) is 0 Å². The molecule has 2 nitrogen and oxygen atoms in total. The second-order valence-electron chi connectivity index (χ2n) is 5.59. The second kappa shape index (κ2) is 9.00. The van der Waals surface area contributed by atoms with Crippen molar-refractivity contribution in [3.05, 3.63) is 0 Å². The maximum atomic E-state index is 6.27. The average Bonchev–Trinajstić information content (AvgIpc) is 2.18. The molecule has 3 unspecified atom stereocenters. The minimum Gasteiger partial charge on any atom is -0.328 e. The summed E-state index contributed by atoms with van der Waals surface area (Å²) in [6.45, 7) is 8.99. The molecule has 0 aromatic heterocycles. The van der Waals surface area contributed by atoms with E-state index < -0.39 is 0 Å². The summed E-state index contributed by atoms with van der Waals surface area (Å²) in [4.78, 5) is 0. The zero-order valence-electron chi connectivity index (χ0n) is 11.7. The Balaban J connectivity index is 3.94. The molecule has 0 aromatic carbocycles. The van der Waals surface area contributed by atoms with Crippen LogP contribution in [0.15, 0.2) is 0 Å². The Morgan fingerprint density at radius 2 is 1.56 bits per heavy atom. The first-order chi connectivity index (χ1) is 7.51. The van der Waals surface area contributed by atoms with E-state index in [0.29, 0.717) is 18.0 Å². The van der Waals surface area contributed by atoms with Crippen molar-refractivity contribution < 1.29 is 0 Å². The molecule has 98 valence electrons. The molecule has 0 aromatic rings. The summed E-state index contributed by atoms with van der Waals surface area (Å²) in [5.74, 6) is 1.44. The second-order valence-corrected chi connectivity index (χ2v) is 5.59. The fourth-order valence-corrected chi connectivity index (χ4v) is 2.30. The van der Waals surface area contributed by atoms with Crippen LogP contribution in [0, 0.1) is 11.8 Å². The van der Waals surface area contributed by atoms with Crippen LogP contribution in [0.25, 0.3) is 0 Å². The van der Waals surface area contributed by atoms with Crippen molar-refractivity contribution in [1.82, 2.24) is 0 Å². The average molecular weight is 228 g/mol. The van der Waals surface area contributed by atoms with Gasteiger partial charge in [0.1, 0.15) is 0 Å². The normalized spacial score (nSPS) is 17.4. The maximum Gasteiger partial charge on any atom is 0.00817 e. The highest BCUT2D eigenvalue weighted by molar-refractivity contribution is 4.77. The Morgan fingerprint density at radius 1 is 0.938 bits per heavy atom. The van der Waals surface area contributed by atoms with Gasteiger partial charge in [0.25, 0.3) is 0 Å². The van der Waals surface area contributed by atoms with E-state index in [4.69, 9.17) is 11.5 Å². The molecule has 0 heterocycles. The van der Waals surface area contributed by atoms with Crippen molar-refractivity contribution >= 4 is 0 Å². The predicted molar refractivity (Wildman–Crippen MR) is 73.3 cm³/mol. The first-order valence-electron chi connectivity index (χ1n) is 7.02. The number of hydrogen-bond acceptors (Lipinski definition) is 2. The summed E-state index contributed by atoms with van der Waals surface area (Å²) >= 11 is 0. The summed E-state index contributed by atoms with van der Waals surface area (Å²) in [5, 5.41) is 0. The number of hydrogen-bond donors (Lipinski definition) is 2. The molecule has 0 bridgehead atoms. The highest BCUT2D eigenvalue weighted by Crippen LogP contribution is 2.20. The van der Waals surface area contributed by atoms with Crippen LogP contribution in [0.5, 0.6) is 0 Å². The predicted octanol–water partition coefficient (Wildman–Crippen LogP) is 3.29. The van der Waals surface area contributed by atoms with Gasteiger partial charge in [-0.25, -0.2) is 0 Å². The van der Waals surface area contributed by atoms with Gasteiger partial charge in [-0.1, -0.05) is 47.0 Å². The van der Waals surface area contributed by atoms with Gasteiger partial charge in [-0.3, -0.25) is 0 Å². The van der Waals surface area contributed by atoms with E-state index >= 15 is 0 Å². The van der Waals surface area contributed by atoms with Gasteiger partial charge in [0.2, 0.25) is 0 Å². The Kier molecular flexibility index (Phi) is 8.96. The molecule has 0 aliphatic rings. The molecule has 0 amide bonds. The first-order valence-corrected chi connectivity index (χ1v) is 7.02. The van der Waals surface area contributed by atoms with Gasteiger partial charge >= 0.3 is 0 Å². The van der Waals surface area contributed by atoms with Crippen LogP contribution < -0.4 is 11.5 Å². The molecule has 2 heteroatoms. The molecule has 0 radical (unpaired) electrons. The lowest BCUT2D eigenvalue weighted by molar-refractivity contribution is 0.319. The minimum absolute atomic E-state index is 0.297. The summed E-state index contributed by atoms with van der Waals surface area (Å²) in [6, 6.07) is 0.596. The fourth-order valence-electron chi connectivity index (χ4n) is 2.30. The first kappa shape index (κ1) is 15.9. The van der Waals surface area contributed by atoms with Crippen LogP contribution in [0.3, 0.4) is 0 Å². The molecule has 0 fully saturated rings. The molecule has 0 saturated heterocycles. The lowest BCUT2D eigenvalue weighted by Gasteiger charge is -2.25. The summed E-state index contributed by atoms with van der Waals surface area (Å²) in [6.07, 6.45) is 6.99. The standard InChI is InChI=1S/C14H32N2/c1-5-7-13(15)10-14(16)12(6-2)9-8-11(3)4/h11-14H,5-10,15-16H2,1-4H3. The molecule has 0 aliphatic heterocycles. The zero-order valence-corrected chi connectivity index (χ0v) is 11.7. The molecule has 0 saturated carbocycles. The van der Waals surface area contributed by atoms with E-state index in [1.165, 1.54) is 19.3 Å². The lowest BCUT2D eigenvalue weighted by Crippen LogP contribution is -2.37. The van der Waals surface area contributed by atoms with Crippen molar-refractivity contribution in [2.45, 2.75) is 78.3 Å². The van der Waals surface area contributed by atoms with E-state index in [1.807, 2.05) is 0 Å². The molecule has 0 aliphatic carbocycles. The molecule has 0 rings (SSSR count). The highest BCUT2D eigenvalue weighted by Gasteiger charge is 2.18. The Bertz CT molecular complexity index is 157. The van der Waals surface area contributed by atoms with E-state index in [0.717, 1.165) is 25.2 Å². The van der Waals surface area contributed by atoms with Crippen LogP contribution in [-0.2, 0) is 0 Å². The third-order valence-corrected chi connectivity index (χ3v) is 3.48. The molecule has 4 N–H and O–H groups in total. The Hall–Kier alpha value is -0.0800. The fraction of sp³-hybridized carbons (Fsp3) is 1.00. The topological polar surface area (TPSA) is 52.0 Å². The highest BCUT2D eigenvalue weighted by atomic mass is 14.7. The van der Waals surface area contributed by atoms with Gasteiger partial charge in [0.05, 0.1) is 0 Å². The maximum absolute atomic E-state index is 6.27. The molecular weight excluding hydrogens is 196 g/mol. The third-order valence-electron chi connectivity index (χ3n) is 3.48. The zero-order chi connectivity index (χ0) is 12.6. The van der Waals surface area contributed by atoms with Gasteiger partial charge < -0.3 is 11.5 Å². The van der Waals surface area contributed by atoms with Crippen LogP contribution >= 0.6 is 0 Å². The van der Waals surface area contributed by atoms with Crippen LogP contribution in [-0.4, -0.2) is 12.1 Å². The molecular formula is C14H32N2. The summed E-state index contributed by atoms with van der Waals surface area (Å²) in [5.41, 5.74) is 12.3. The Labute approximate surface area is 102 Å². The van der Waals surface area contributed by atoms with E-state index in [1.54, 1.807) is 0 Å². The van der Waals surface area contributed by atoms with Crippen molar-refractivity contribution in [1.29, 1.82) is 0 Å². The van der Waals surface area contributed by atoms with Crippen LogP contribution in [0.4, 0.5) is 0 Å². The molecule has 16 heavy (non-hydrogen) atoms. The largest absolute Gasteiger partial charge is 0.328 e. The minimum atomic E-state index is 0.297. The van der Waals surface area contributed by atoms with Gasteiger partial charge in [-0.2, -0.15) is 0 Å². The van der Waals surface area contributed by atoms with Crippen molar-refractivity contribution in [2.24, 2.45) is 23.3 Å². The number of nitrogens with two attached hydrogens (primary N) is 2. The third kappa shape index (κ3) is 7.24. The lowest BCUT2D eigenvalue weighted by atomic mass is 9.86. The summed E-state index contributed by atoms with van der Waals surface area (Å²) < 4.78 is 0. The van der Waals surface area contributed by atoms with Crippen molar-refractivity contribution in [3.63, 3.8) is 0 Å². The van der Waals surface area contributed by atoms with Gasteiger partial charge in [-0.15, -0.1) is 0 Å².